The highest BCUT2D eigenvalue weighted by molar-refractivity contribution is 7.86. The third kappa shape index (κ3) is 5.62. The van der Waals surface area contributed by atoms with Gasteiger partial charge in [0.2, 0.25) is 0 Å². The van der Waals surface area contributed by atoms with E-state index in [9.17, 15) is 36.1 Å². The number of rotatable bonds is 7. The lowest BCUT2D eigenvalue weighted by atomic mass is 10.2. The van der Waals surface area contributed by atoms with Gasteiger partial charge in [0.1, 0.15) is 21.2 Å². The Balaban J connectivity index is 2.04. The molecule has 0 aromatic heterocycles. The van der Waals surface area contributed by atoms with Gasteiger partial charge in [-0.25, -0.2) is 0 Å². The van der Waals surface area contributed by atoms with E-state index < -0.39 is 40.6 Å². The zero-order chi connectivity index (χ0) is 25.3. The van der Waals surface area contributed by atoms with Crippen LogP contribution in [0.15, 0.2) is 74.6 Å². The molecule has 0 aliphatic heterocycles. The maximum Gasteiger partial charge on any atom is 0.296 e. The van der Waals surface area contributed by atoms with E-state index in [0.29, 0.717) is 11.8 Å². The fraction of sp³-hybridized carbons (Fsp3) is 0. The third-order valence-electron chi connectivity index (χ3n) is 4.29. The van der Waals surface area contributed by atoms with Crippen molar-refractivity contribution in [1.29, 1.82) is 0 Å². The number of non-ortho nitro benzene ring substituents is 1. The Morgan fingerprint density at radius 2 is 1.44 bits per heavy atom. The lowest BCUT2D eigenvalue weighted by Gasteiger charge is -2.12. The molecule has 0 fully saturated rings. The molecular weight excluding hydrogens is 492 g/mol. The molecule has 0 bridgehead atoms. The smallest absolute Gasteiger partial charge is 0.296 e. The topological polar surface area (TPSA) is 241 Å². The van der Waals surface area contributed by atoms with Crippen LogP contribution in [0.5, 0.6) is 0 Å². The predicted molar refractivity (Wildman–Crippen MR) is 122 cm³/mol. The summed E-state index contributed by atoms with van der Waals surface area (Å²) in [5.74, 6) is 0. The molecule has 14 nitrogen and oxygen atoms in total. The molecule has 178 valence electrons. The molecule has 0 unspecified atom stereocenters. The van der Waals surface area contributed by atoms with E-state index in [4.69, 9.17) is 11.5 Å². The molecule has 3 aromatic carbocycles. The zero-order valence-electron chi connectivity index (χ0n) is 16.9. The van der Waals surface area contributed by atoms with Crippen molar-refractivity contribution >= 4 is 60.0 Å². The molecule has 0 saturated carbocycles. The van der Waals surface area contributed by atoms with E-state index in [-0.39, 0.29) is 28.4 Å². The minimum Gasteiger partial charge on any atom is -0.399 e. The van der Waals surface area contributed by atoms with Crippen LogP contribution in [0.4, 0.5) is 39.8 Å². The normalized spacial score (nSPS) is 12.1. The number of azo groups is 1. The van der Waals surface area contributed by atoms with Gasteiger partial charge in [0.05, 0.1) is 16.3 Å². The minimum absolute atomic E-state index is 0.0580. The molecule has 3 rings (SSSR count). The fourth-order valence-corrected chi connectivity index (χ4v) is 4.07. The Hall–Kier alpha value is -4.12. The Morgan fingerprint density at radius 1 is 0.824 bits per heavy atom. The summed E-state index contributed by atoms with van der Waals surface area (Å²) in [6.45, 7) is 0. The summed E-state index contributed by atoms with van der Waals surface area (Å²) < 4.78 is 66.2. The molecule has 3 aromatic rings. The summed E-state index contributed by atoms with van der Waals surface area (Å²) in [6, 6.07) is 10.3. The summed E-state index contributed by atoms with van der Waals surface area (Å²) in [6.07, 6.45) is 0. The van der Waals surface area contributed by atoms with Crippen LogP contribution in [0.25, 0.3) is 0 Å². The summed E-state index contributed by atoms with van der Waals surface area (Å²) in [5.41, 5.74) is 10.9. The average Bonchev–Trinajstić information content (AvgIpc) is 2.72. The predicted octanol–water partition coefficient (Wildman–Crippen LogP) is 3.41. The molecule has 34 heavy (non-hydrogen) atoms. The second kappa shape index (κ2) is 9.02. The van der Waals surface area contributed by atoms with E-state index in [1.165, 1.54) is 24.3 Å². The molecule has 0 heterocycles. The van der Waals surface area contributed by atoms with Crippen molar-refractivity contribution in [2.24, 2.45) is 10.2 Å². The average molecular weight is 508 g/mol. The first-order valence-corrected chi connectivity index (χ1v) is 11.8. The summed E-state index contributed by atoms with van der Waals surface area (Å²) >= 11 is 0. The van der Waals surface area contributed by atoms with Crippen molar-refractivity contribution in [3.05, 3.63) is 64.7 Å². The van der Waals surface area contributed by atoms with Crippen molar-refractivity contribution in [2.45, 2.75) is 9.79 Å². The number of hydrogen-bond donors (Lipinski definition) is 5. The van der Waals surface area contributed by atoms with Gasteiger partial charge in [0, 0.05) is 23.5 Å². The van der Waals surface area contributed by atoms with Crippen LogP contribution in [0.3, 0.4) is 0 Å². The van der Waals surface area contributed by atoms with E-state index in [1.54, 1.807) is 0 Å². The number of nitrogens with one attached hydrogen (secondary N) is 1. The molecule has 0 spiro atoms. The summed E-state index contributed by atoms with van der Waals surface area (Å²) in [7, 11) is -9.72. The van der Waals surface area contributed by atoms with Crippen molar-refractivity contribution in [2.75, 3.05) is 16.8 Å². The Morgan fingerprint density at radius 3 is 2.03 bits per heavy atom. The van der Waals surface area contributed by atoms with Gasteiger partial charge in [-0.2, -0.15) is 16.8 Å². The third-order valence-corrected chi connectivity index (χ3v) is 6.06. The molecule has 0 saturated heterocycles. The number of anilines is 4. The van der Waals surface area contributed by atoms with E-state index in [2.05, 4.69) is 15.5 Å². The van der Waals surface area contributed by atoms with Crippen molar-refractivity contribution < 1.29 is 30.9 Å². The largest absolute Gasteiger partial charge is 0.399 e. The van der Waals surface area contributed by atoms with Gasteiger partial charge in [0.15, 0.2) is 0 Å². The van der Waals surface area contributed by atoms with Crippen LogP contribution >= 0.6 is 0 Å². The molecule has 0 amide bonds. The maximum absolute atomic E-state index is 11.9. The molecular formula is C18H16N6O8S2. The highest BCUT2D eigenvalue weighted by Gasteiger charge is 2.22. The number of hydrogen-bond acceptors (Lipinski definition) is 11. The first kappa shape index (κ1) is 24.5. The van der Waals surface area contributed by atoms with Crippen LogP contribution in [0, 0.1) is 10.1 Å². The number of benzene rings is 3. The molecule has 0 aliphatic rings. The maximum atomic E-state index is 11.9. The van der Waals surface area contributed by atoms with Crippen LogP contribution in [0.1, 0.15) is 0 Å². The van der Waals surface area contributed by atoms with Gasteiger partial charge in [-0.15, -0.1) is 10.2 Å². The van der Waals surface area contributed by atoms with Crippen molar-refractivity contribution in [3.8, 4) is 0 Å². The standard InChI is InChI=1S/C18H16N6O8S2/c19-10-1-4-14(13(20)7-10)22-23-16-5-2-11(8-17(16)33(27,28)29)21-15-6-3-12(24(25)26)9-18(15)34(30,31)32/h1-9,21H,19-20H2,(H,27,28,29)(H,30,31,32). The Kier molecular flexibility index (Phi) is 6.51. The van der Waals surface area contributed by atoms with E-state index in [0.717, 1.165) is 24.3 Å². The molecule has 0 radical (unpaired) electrons. The van der Waals surface area contributed by atoms with Crippen LogP contribution < -0.4 is 16.8 Å². The summed E-state index contributed by atoms with van der Waals surface area (Å²) in [4.78, 5) is 8.56. The SMILES string of the molecule is Nc1ccc(N=Nc2ccc(Nc3ccc([N+](=O)[O-])cc3S(=O)(=O)O)cc2S(=O)(=O)O)c(N)c1. The van der Waals surface area contributed by atoms with Crippen molar-refractivity contribution in [3.63, 3.8) is 0 Å². The van der Waals surface area contributed by atoms with E-state index >= 15 is 0 Å². The molecule has 0 aliphatic carbocycles. The highest BCUT2D eigenvalue weighted by Crippen LogP contribution is 2.34. The van der Waals surface area contributed by atoms with Crippen molar-refractivity contribution in [1.82, 2.24) is 0 Å². The number of nitrogens with zero attached hydrogens (tertiary/aromatic N) is 3. The van der Waals surface area contributed by atoms with Gasteiger partial charge in [-0.05, 0) is 42.5 Å². The van der Waals surface area contributed by atoms with Crippen LogP contribution in [-0.2, 0) is 20.2 Å². The van der Waals surface area contributed by atoms with Gasteiger partial charge in [-0.3, -0.25) is 19.2 Å². The lowest BCUT2D eigenvalue weighted by molar-refractivity contribution is -0.385. The zero-order valence-corrected chi connectivity index (χ0v) is 18.5. The molecule has 7 N–H and O–H groups in total. The number of nitro benzene ring substituents is 1. The quantitative estimate of drug-likeness (QED) is 0.102. The van der Waals surface area contributed by atoms with Gasteiger partial charge in [-0.1, -0.05) is 0 Å². The second-order valence-corrected chi connectivity index (χ2v) is 9.49. The minimum atomic E-state index is -4.89. The van der Waals surface area contributed by atoms with Gasteiger partial charge < -0.3 is 16.8 Å². The monoisotopic (exact) mass is 508 g/mol. The van der Waals surface area contributed by atoms with Crippen LogP contribution in [0.2, 0.25) is 0 Å². The van der Waals surface area contributed by atoms with Crippen LogP contribution in [-0.4, -0.2) is 30.9 Å². The molecule has 16 heteroatoms. The first-order chi connectivity index (χ1) is 15.8. The van der Waals surface area contributed by atoms with E-state index in [1.807, 2.05) is 0 Å². The molecule has 0 atom stereocenters. The Labute approximate surface area is 192 Å². The lowest BCUT2D eigenvalue weighted by Crippen LogP contribution is -2.05. The first-order valence-electron chi connectivity index (χ1n) is 8.97. The number of nitrogens with two attached hydrogens (primary N) is 2. The number of nitrogen functional groups attached to an aromatic ring is 2. The Bertz CT molecular complexity index is 1540. The summed E-state index contributed by atoms with van der Waals surface area (Å²) in [5, 5.41) is 21.1. The highest BCUT2D eigenvalue weighted by atomic mass is 32.2. The fourth-order valence-electron chi connectivity index (χ4n) is 2.75. The second-order valence-electron chi connectivity index (χ2n) is 6.71. The van der Waals surface area contributed by atoms with Gasteiger partial charge in [0.25, 0.3) is 25.9 Å². The number of nitro groups is 1. The van der Waals surface area contributed by atoms with Gasteiger partial charge >= 0.3 is 0 Å².